The number of halogens is 1. The highest BCUT2D eigenvalue weighted by atomic mass is 79.9. The number of hydrogen-bond donors (Lipinski definition) is 0. The van der Waals surface area contributed by atoms with Crippen LogP contribution in [0.1, 0.15) is 26.6 Å². The number of ether oxygens (including phenoxy) is 1. The van der Waals surface area contributed by atoms with Crippen LogP contribution < -0.4 is 4.74 Å². The van der Waals surface area contributed by atoms with E-state index in [0.29, 0.717) is 0 Å². The Kier molecular flexibility index (Phi) is 4.70. The van der Waals surface area contributed by atoms with Gasteiger partial charge in [-0.1, -0.05) is 44.7 Å². The van der Waals surface area contributed by atoms with E-state index in [1.807, 2.05) is 30.3 Å². The third kappa shape index (κ3) is 3.73. The van der Waals surface area contributed by atoms with E-state index < -0.39 is 0 Å². The van der Waals surface area contributed by atoms with Gasteiger partial charge in [0.2, 0.25) is 0 Å². The zero-order valence-corrected chi connectivity index (χ0v) is 14.4. The van der Waals surface area contributed by atoms with Crippen LogP contribution in [0.4, 0.5) is 0 Å². The van der Waals surface area contributed by atoms with Crippen LogP contribution in [0.15, 0.2) is 44.9 Å². The van der Waals surface area contributed by atoms with Gasteiger partial charge in [0.15, 0.2) is 0 Å². The molecule has 0 unspecified atom stereocenters. The molecule has 5 heteroatoms. The molecule has 20 heavy (non-hydrogen) atoms. The van der Waals surface area contributed by atoms with Crippen LogP contribution in [0.25, 0.3) is 0 Å². The number of para-hydroxylation sites is 1. The summed E-state index contributed by atoms with van der Waals surface area (Å²) in [7, 11) is 1.68. The average Bonchev–Trinajstić information content (AvgIpc) is 2.37. The van der Waals surface area contributed by atoms with Crippen molar-refractivity contribution in [1.82, 2.24) is 9.97 Å². The monoisotopic (exact) mass is 352 g/mol. The summed E-state index contributed by atoms with van der Waals surface area (Å²) in [5.41, 5.74) is -0.0835. The molecule has 0 atom stereocenters. The smallest absolute Gasteiger partial charge is 0.136 e. The fourth-order valence-corrected chi connectivity index (χ4v) is 3.06. The third-order valence-electron chi connectivity index (χ3n) is 2.63. The van der Waals surface area contributed by atoms with Gasteiger partial charge in [0.05, 0.1) is 12.0 Å². The van der Waals surface area contributed by atoms with Gasteiger partial charge in [-0.3, -0.25) is 0 Å². The van der Waals surface area contributed by atoms with Crippen molar-refractivity contribution < 1.29 is 4.74 Å². The lowest BCUT2D eigenvalue weighted by molar-refractivity contribution is 0.405. The van der Waals surface area contributed by atoms with E-state index in [1.165, 1.54) is 0 Å². The van der Waals surface area contributed by atoms with Gasteiger partial charge in [0.25, 0.3) is 0 Å². The Bertz CT molecular complexity index is 611. The molecule has 0 aliphatic heterocycles. The quantitative estimate of drug-likeness (QED) is 0.750. The number of benzene rings is 1. The first-order chi connectivity index (χ1) is 9.40. The molecule has 2 rings (SSSR count). The average molecular weight is 353 g/mol. The summed E-state index contributed by atoms with van der Waals surface area (Å²) in [6.45, 7) is 6.31. The van der Waals surface area contributed by atoms with Gasteiger partial charge < -0.3 is 4.74 Å². The van der Waals surface area contributed by atoms with E-state index in [0.717, 1.165) is 26.1 Å². The highest BCUT2D eigenvalue weighted by Gasteiger charge is 2.19. The van der Waals surface area contributed by atoms with Crippen LogP contribution in [0.2, 0.25) is 0 Å². The Morgan fingerprint density at radius 1 is 1.15 bits per heavy atom. The molecule has 0 saturated heterocycles. The van der Waals surface area contributed by atoms with Gasteiger partial charge in [0, 0.05) is 11.5 Å². The summed E-state index contributed by atoms with van der Waals surface area (Å²) >= 11 is 5.04. The standard InChI is InChI=1S/C15H17BrN2OS/c1-15(2,3)14-17-12(16)9-13(18-14)20-11-8-6-5-7-10(11)19-4/h5-9H,1-4H3. The van der Waals surface area contributed by atoms with Crippen molar-refractivity contribution in [3.8, 4) is 5.75 Å². The van der Waals surface area contributed by atoms with Crippen LogP contribution in [-0.4, -0.2) is 17.1 Å². The number of aromatic nitrogens is 2. The van der Waals surface area contributed by atoms with Gasteiger partial charge in [0.1, 0.15) is 21.2 Å². The largest absolute Gasteiger partial charge is 0.496 e. The molecule has 0 bridgehead atoms. The number of methoxy groups -OCH3 is 1. The molecule has 1 heterocycles. The predicted molar refractivity (Wildman–Crippen MR) is 85.5 cm³/mol. The van der Waals surface area contributed by atoms with Crippen molar-refractivity contribution in [2.45, 2.75) is 36.1 Å². The van der Waals surface area contributed by atoms with Gasteiger partial charge >= 0.3 is 0 Å². The summed E-state index contributed by atoms with van der Waals surface area (Å²) in [6.07, 6.45) is 0. The van der Waals surface area contributed by atoms with Crippen molar-refractivity contribution in [3.05, 3.63) is 40.8 Å². The molecule has 0 saturated carbocycles. The van der Waals surface area contributed by atoms with E-state index in [4.69, 9.17) is 4.74 Å². The minimum Gasteiger partial charge on any atom is -0.496 e. The highest BCUT2D eigenvalue weighted by Crippen LogP contribution is 2.35. The summed E-state index contributed by atoms with van der Waals surface area (Å²) in [5, 5.41) is 0.904. The van der Waals surface area contributed by atoms with Crippen molar-refractivity contribution in [1.29, 1.82) is 0 Å². The Morgan fingerprint density at radius 2 is 1.85 bits per heavy atom. The molecule has 0 radical (unpaired) electrons. The van der Waals surface area contributed by atoms with Crippen molar-refractivity contribution in [2.75, 3.05) is 7.11 Å². The molecule has 106 valence electrons. The predicted octanol–water partition coefficient (Wildman–Crippen LogP) is 4.70. The zero-order chi connectivity index (χ0) is 14.8. The number of hydrogen-bond acceptors (Lipinski definition) is 4. The minimum atomic E-state index is -0.0835. The van der Waals surface area contributed by atoms with E-state index in [9.17, 15) is 0 Å². The molecule has 1 aromatic heterocycles. The maximum Gasteiger partial charge on any atom is 0.136 e. The molecular weight excluding hydrogens is 336 g/mol. The molecule has 1 aromatic carbocycles. The first-order valence-electron chi connectivity index (χ1n) is 6.26. The first kappa shape index (κ1) is 15.3. The Labute approximate surface area is 132 Å². The SMILES string of the molecule is COc1ccccc1Sc1cc(Br)nc(C(C)(C)C)n1. The second-order valence-corrected chi connectivity index (χ2v) is 7.23. The van der Waals surface area contributed by atoms with Gasteiger partial charge in [-0.2, -0.15) is 0 Å². The Morgan fingerprint density at radius 3 is 2.50 bits per heavy atom. The Balaban J connectivity index is 2.36. The van der Waals surface area contributed by atoms with Crippen LogP contribution in [0, 0.1) is 0 Å². The lowest BCUT2D eigenvalue weighted by Gasteiger charge is -2.17. The fourth-order valence-electron chi connectivity index (χ4n) is 1.60. The van der Waals surface area contributed by atoms with Crippen molar-refractivity contribution >= 4 is 27.7 Å². The van der Waals surface area contributed by atoms with E-state index in [1.54, 1.807) is 18.9 Å². The third-order valence-corrected chi connectivity index (χ3v) is 4.01. The topological polar surface area (TPSA) is 35.0 Å². The van der Waals surface area contributed by atoms with Crippen molar-refractivity contribution in [3.63, 3.8) is 0 Å². The van der Waals surface area contributed by atoms with Crippen molar-refractivity contribution in [2.24, 2.45) is 0 Å². The lowest BCUT2D eigenvalue weighted by atomic mass is 9.96. The summed E-state index contributed by atoms with van der Waals surface area (Å²) < 4.78 is 6.17. The zero-order valence-electron chi connectivity index (χ0n) is 12.0. The molecule has 0 spiro atoms. The molecule has 2 aromatic rings. The summed E-state index contributed by atoms with van der Waals surface area (Å²) in [5.74, 6) is 1.67. The molecular formula is C15H17BrN2OS. The second-order valence-electron chi connectivity index (χ2n) is 5.36. The van der Waals surface area contributed by atoms with Crippen LogP contribution >= 0.6 is 27.7 Å². The van der Waals surface area contributed by atoms with Crippen LogP contribution in [-0.2, 0) is 5.41 Å². The molecule has 0 N–H and O–H groups in total. The van der Waals surface area contributed by atoms with Gasteiger partial charge in [-0.25, -0.2) is 9.97 Å². The highest BCUT2D eigenvalue weighted by molar-refractivity contribution is 9.10. The van der Waals surface area contributed by atoms with Crippen LogP contribution in [0.5, 0.6) is 5.75 Å². The minimum absolute atomic E-state index is 0.0835. The second kappa shape index (κ2) is 6.14. The molecule has 0 amide bonds. The molecule has 3 nitrogen and oxygen atoms in total. The number of rotatable bonds is 3. The van der Waals surface area contributed by atoms with E-state index in [-0.39, 0.29) is 5.41 Å². The summed E-state index contributed by atoms with van der Waals surface area (Å²) in [4.78, 5) is 10.1. The normalized spacial score (nSPS) is 11.4. The van der Waals surface area contributed by atoms with Gasteiger partial charge in [-0.15, -0.1) is 0 Å². The molecule has 0 aliphatic rings. The molecule has 0 fully saturated rings. The van der Waals surface area contributed by atoms with E-state index >= 15 is 0 Å². The van der Waals surface area contributed by atoms with Gasteiger partial charge in [-0.05, 0) is 28.1 Å². The first-order valence-corrected chi connectivity index (χ1v) is 7.87. The maximum atomic E-state index is 5.37. The number of nitrogens with zero attached hydrogens (tertiary/aromatic N) is 2. The Hall–Kier alpha value is -1.07. The van der Waals surface area contributed by atoms with E-state index in [2.05, 4.69) is 46.7 Å². The lowest BCUT2D eigenvalue weighted by Crippen LogP contribution is -2.16. The van der Waals surface area contributed by atoms with Crippen LogP contribution in [0.3, 0.4) is 0 Å². The maximum absolute atomic E-state index is 5.37. The fraction of sp³-hybridized carbons (Fsp3) is 0.333. The molecule has 0 aliphatic carbocycles. The summed E-state index contributed by atoms with van der Waals surface area (Å²) in [6, 6.07) is 9.84.